The minimum Gasteiger partial charge on any atom is -0.489 e. The second-order valence-corrected chi connectivity index (χ2v) is 9.70. The number of aliphatic hydroxyl groups is 1. The third-order valence-electron chi connectivity index (χ3n) is 6.97. The molecule has 212 valence electrons. The van der Waals surface area contributed by atoms with Gasteiger partial charge in [-0.2, -0.15) is 14.0 Å². The van der Waals surface area contributed by atoms with E-state index in [1.165, 1.54) is 24.4 Å². The SMILES string of the molecule is N#Cc1ccc(COc2ccc(C#Cc3ccc(C(F)(F)C4(O)Cn5nnnc5-c5cc(F)ccc54)nc3)cc2)c(F)c1. The summed E-state index contributed by atoms with van der Waals surface area (Å²) in [5.41, 5.74) is -2.32. The summed E-state index contributed by atoms with van der Waals surface area (Å²) in [6.07, 6.45) is 1.17. The summed E-state index contributed by atoms with van der Waals surface area (Å²) in [5, 5.41) is 31.1. The van der Waals surface area contributed by atoms with Crippen molar-refractivity contribution in [1.82, 2.24) is 25.2 Å². The minimum absolute atomic E-state index is 0.0281. The van der Waals surface area contributed by atoms with Crippen LogP contribution in [0.5, 0.6) is 5.75 Å². The molecule has 12 heteroatoms. The average molecular weight is 583 g/mol. The lowest BCUT2D eigenvalue weighted by Crippen LogP contribution is -2.49. The van der Waals surface area contributed by atoms with E-state index in [2.05, 4.69) is 32.4 Å². The molecular weight excluding hydrogens is 564 g/mol. The maximum absolute atomic E-state index is 15.9. The number of fused-ring (bicyclic) bond motifs is 3. The van der Waals surface area contributed by atoms with Crippen molar-refractivity contribution < 1.29 is 27.4 Å². The molecule has 1 aliphatic rings. The zero-order valence-electron chi connectivity index (χ0n) is 22.0. The predicted molar refractivity (Wildman–Crippen MR) is 143 cm³/mol. The lowest BCUT2D eigenvalue weighted by molar-refractivity contribution is -0.207. The summed E-state index contributed by atoms with van der Waals surface area (Å²) in [4.78, 5) is 3.89. The lowest BCUT2D eigenvalue weighted by atomic mass is 9.80. The van der Waals surface area contributed by atoms with Crippen LogP contribution in [0.2, 0.25) is 0 Å². The average Bonchev–Trinajstić information content (AvgIpc) is 3.48. The Morgan fingerprint density at radius 3 is 2.42 bits per heavy atom. The van der Waals surface area contributed by atoms with Crippen LogP contribution in [0, 0.1) is 34.8 Å². The van der Waals surface area contributed by atoms with E-state index in [-0.39, 0.29) is 29.1 Å². The fraction of sp³-hybridized carbons (Fsp3) is 0.129. The van der Waals surface area contributed by atoms with E-state index in [0.717, 1.165) is 35.0 Å². The number of nitriles is 1. The van der Waals surface area contributed by atoms with Crippen LogP contribution >= 0.6 is 0 Å². The fourth-order valence-corrected chi connectivity index (χ4v) is 4.68. The number of alkyl halides is 2. The summed E-state index contributed by atoms with van der Waals surface area (Å²) in [5.74, 6) is 1.15. The van der Waals surface area contributed by atoms with E-state index in [1.54, 1.807) is 24.3 Å². The molecule has 1 atom stereocenters. The number of tetrazole rings is 1. The maximum atomic E-state index is 15.9. The largest absolute Gasteiger partial charge is 0.489 e. The van der Waals surface area contributed by atoms with Crippen LogP contribution in [0.4, 0.5) is 17.6 Å². The molecule has 5 aromatic rings. The molecule has 1 aliphatic heterocycles. The van der Waals surface area contributed by atoms with E-state index in [0.29, 0.717) is 22.4 Å². The zero-order chi connectivity index (χ0) is 30.2. The van der Waals surface area contributed by atoms with Crippen LogP contribution in [0.25, 0.3) is 11.4 Å². The molecule has 43 heavy (non-hydrogen) atoms. The zero-order valence-corrected chi connectivity index (χ0v) is 22.0. The lowest BCUT2D eigenvalue weighted by Gasteiger charge is -2.39. The second-order valence-electron chi connectivity index (χ2n) is 9.70. The van der Waals surface area contributed by atoms with Crippen LogP contribution in [-0.4, -0.2) is 30.3 Å². The maximum Gasteiger partial charge on any atom is 0.323 e. The van der Waals surface area contributed by atoms with Gasteiger partial charge in [0.05, 0.1) is 18.2 Å². The Kier molecular flexibility index (Phi) is 6.84. The summed E-state index contributed by atoms with van der Waals surface area (Å²) in [6.45, 7) is -0.702. The first-order valence-corrected chi connectivity index (χ1v) is 12.7. The van der Waals surface area contributed by atoms with E-state index < -0.39 is 35.4 Å². The van der Waals surface area contributed by atoms with Crippen molar-refractivity contribution in [2.45, 2.75) is 24.7 Å². The Balaban J connectivity index is 1.17. The molecule has 0 aliphatic carbocycles. The van der Waals surface area contributed by atoms with Crippen LogP contribution < -0.4 is 4.74 Å². The van der Waals surface area contributed by atoms with Gasteiger partial charge in [-0.25, -0.2) is 13.5 Å². The number of halogens is 4. The number of aromatic nitrogens is 5. The van der Waals surface area contributed by atoms with Crippen molar-refractivity contribution in [3.63, 3.8) is 0 Å². The van der Waals surface area contributed by atoms with E-state index in [4.69, 9.17) is 10.00 Å². The highest BCUT2D eigenvalue weighted by molar-refractivity contribution is 5.64. The molecule has 0 radical (unpaired) electrons. The molecule has 0 fully saturated rings. The summed E-state index contributed by atoms with van der Waals surface area (Å²) in [6, 6.07) is 18.2. The Morgan fingerprint density at radius 1 is 0.953 bits per heavy atom. The van der Waals surface area contributed by atoms with Gasteiger partial charge in [0.1, 0.15) is 29.7 Å². The van der Waals surface area contributed by atoms with Gasteiger partial charge in [0, 0.05) is 34.0 Å². The van der Waals surface area contributed by atoms with Crippen LogP contribution in [0.1, 0.15) is 33.5 Å². The van der Waals surface area contributed by atoms with Gasteiger partial charge in [-0.1, -0.05) is 24.0 Å². The van der Waals surface area contributed by atoms with Crippen LogP contribution in [-0.2, 0) is 24.7 Å². The smallest absolute Gasteiger partial charge is 0.323 e. The van der Waals surface area contributed by atoms with Gasteiger partial charge in [-0.3, -0.25) is 4.98 Å². The standard InChI is InChI=1S/C31H18F4N6O2/c32-23-8-11-26-25(14-23)29-38-39-40-41(29)18-30(26,42)31(34,35)28-12-6-20(16-37-28)2-1-19-4-9-24(10-5-19)43-17-22-7-3-21(15-36)13-27(22)33/h3-14,16,42H,17-18H2. The van der Waals surface area contributed by atoms with Gasteiger partial charge in [0.2, 0.25) is 0 Å². The molecule has 2 aromatic heterocycles. The first-order chi connectivity index (χ1) is 20.7. The van der Waals surface area contributed by atoms with Crippen molar-refractivity contribution in [2.75, 3.05) is 0 Å². The normalized spacial score (nSPS) is 15.4. The highest BCUT2D eigenvalue weighted by Gasteiger charge is 2.59. The Hall–Kier alpha value is -5.59. The molecular formula is C31H18F4N6O2. The van der Waals surface area contributed by atoms with E-state index >= 15 is 8.78 Å². The summed E-state index contributed by atoms with van der Waals surface area (Å²) < 4.78 is 66.4. The monoisotopic (exact) mass is 582 g/mol. The molecule has 1 unspecified atom stereocenters. The molecule has 0 bridgehead atoms. The molecule has 3 heterocycles. The van der Waals surface area contributed by atoms with Gasteiger partial charge >= 0.3 is 5.92 Å². The number of ether oxygens (including phenoxy) is 1. The molecule has 0 spiro atoms. The predicted octanol–water partition coefficient (Wildman–Crippen LogP) is 4.86. The Morgan fingerprint density at radius 2 is 1.70 bits per heavy atom. The van der Waals surface area contributed by atoms with Crippen molar-refractivity contribution in [1.29, 1.82) is 5.26 Å². The number of benzene rings is 3. The minimum atomic E-state index is -3.91. The highest BCUT2D eigenvalue weighted by atomic mass is 19.3. The first kappa shape index (κ1) is 27.6. The topological polar surface area (TPSA) is 110 Å². The van der Waals surface area contributed by atoms with Crippen LogP contribution in [0.15, 0.2) is 79.0 Å². The molecule has 3 aromatic carbocycles. The quantitative estimate of drug-likeness (QED) is 0.233. The van der Waals surface area contributed by atoms with E-state index in [9.17, 15) is 13.9 Å². The molecule has 0 saturated carbocycles. The van der Waals surface area contributed by atoms with Gasteiger partial charge < -0.3 is 9.84 Å². The summed E-state index contributed by atoms with van der Waals surface area (Å²) >= 11 is 0. The molecule has 0 amide bonds. The Labute approximate surface area is 241 Å². The Bertz CT molecular complexity index is 1940. The van der Waals surface area contributed by atoms with Gasteiger partial charge in [0.25, 0.3) is 0 Å². The molecule has 1 N–H and O–H groups in total. The van der Waals surface area contributed by atoms with Gasteiger partial charge in [-0.05, 0) is 71.1 Å². The third-order valence-corrected chi connectivity index (χ3v) is 6.97. The second kappa shape index (κ2) is 10.7. The number of pyridine rings is 1. The van der Waals surface area contributed by atoms with Crippen molar-refractivity contribution in [2.24, 2.45) is 0 Å². The van der Waals surface area contributed by atoms with Crippen LogP contribution in [0.3, 0.4) is 0 Å². The van der Waals surface area contributed by atoms with E-state index in [1.807, 2.05) is 6.07 Å². The highest BCUT2D eigenvalue weighted by Crippen LogP contribution is 2.50. The van der Waals surface area contributed by atoms with Gasteiger partial charge in [-0.15, -0.1) is 5.10 Å². The van der Waals surface area contributed by atoms with Crippen molar-refractivity contribution in [3.05, 3.63) is 124 Å². The van der Waals surface area contributed by atoms with Gasteiger partial charge in [0.15, 0.2) is 11.4 Å². The fourth-order valence-electron chi connectivity index (χ4n) is 4.68. The molecule has 6 rings (SSSR count). The molecule has 8 nitrogen and oxygen atoms in total. The summed E-state index contributed by atoms with van der Waals surface area (Å²) in [7, 11) is 0. The number of nitrogens with zero attached hydrogens (tertiary/aromatic N) is 6. The first-order valence-electron chi connectivity index (χ1n) is 12.7. The molecule has 0 saturated heterocycles. The number of hydrogen-bond acceptors (Lipinski definition) is 7. The third kappa shape index (κ3) is 5.05. The van der Waals surface area contributed by atoms with Crippen molar-refractivity contribution in [3.8, 4) is 35.0 Å². The number of hydrogen-bond donors (Lipinski definition) is 1. The number of rotatable bonds is 5. The van der Waals surface area contributed by atoms with Crippen molar-refractivity contribution >= 4 is 0 Å².